The highest BCUT2D eigenvalue weighted by Crippen LogP contribution is 2.36. The van der Waals surface area contributed by atoms with E-state index in [4.69, 9.17) is 4.74 Å². The van der Waals surface area contributed by atoms with Crippen LogP contribution in [0.5, 0.6) is 0 Å². The second-order valence-electron chi connectivity index (χ2n) is 9.01. The Bertz CT molecular complexity index is 1270. The molecule has 1 aliphatic rings. The highest BCUT2D eigenvalue weighted by Gasteiger charge is 2.39. The molecular formula is C27H23F6N3O3. The Balaban J connectivity index is 1.56. The number of ether oxygens (including phenoxy) is 1. The standard InChI is InChI=1S/C27H23F6N3O3/c28-26(29,30)20-10-18(11-21(13-20)27(31,32)33)15-39-16-22-25(19-4-2-1-3-5-19)36(14-23(37)35-22)24(38)12-17-6-8-34-9-7-17/h1-11,13,22,25H,12,14-16H2,(H,35,37)/t22-,25+/m1/s1. The number of carbonyl (C=O) groups is 2. The third-order valence-corrected chi connectivity index (χ3v) is 6.16. The van der Waals surface area contributed by atoms with Crippen molar-refractivity contribution in [3.05, 3.63) is 101 Å². The molecule has 0 saturated carbocycles. The molecule has 0 radical (unpaired) electrons. The zero-order valence-electron chi connectivity index (χ0n) is 20.3. The van der Waals surface area contributed by atoms with E-state index in [0.29, 0.717) is 23.3 Å². The molecule has 1 N–H and O–H groups in total. The van der Waals surface area contributed by atoms with Crippen LogP contribution in [0.1, 0.15) is 33.9 Å². The lowest BCUT2D eigenvalue weighted by Gasteiger charge is -2.41. The van der Waals surface area contributed by atoms with Gasteiger partial charge in [0.25, 0.3) is 0 Å². The maximum absolute atomic E-state index is 13.3. The Kier molecular flexibility index (Phi) is 8.24. The fraction of sp³-hybridized carbons (Fsp3) is 0.296. The minimum atomic E-state index is -4.98. The molecule has 1 aromatic heterocycles. The molecule has 6 nitrogen and oxygen atoms in total. The molecule has 0 spiro atoms. The van der Waals surface area contributed by atoms with Gasteiger partial charge >= 0.3 is 12.4 Å². The van der Waals surface area contributed by atoms with E-state index in [1.807, 2.05) is 0 Å². The zero-order valence-corrected chi connectivity index (χ0v) is 20.3. The summed E-state index contributed by atoms with van der Waals surface area (Å²) in [5.74, 6) is -0.820. The number of alkyl halides is 6. The smallest absolute Gasteiger partial charge is 0.375 e. The Labute approximate surface area is 219 Å². The van der Waals surface area contributed by atoms with Gasteiger partial charge in [0.1, 0.15) is 6.54 Å². The molecule has 206 valence electrons. The summed E-state index contributed by atoms with van der Waals surface area (Å²) in [6.45, 7) is -1.09. The average Bonchev–Trinajstić information content (AvgIpc) is 2.88. The van der Waals surface area contributed by atoms with Crippen LogP contribution < -0.4 is 5.32 Å². The Morgan fingerprint density at radius 1 is 0.923 bits per heavy atom. The number of rotatable bonds is 7. The summed E-state index contributed by atoms with van der Waals surface area (Å²) >= 11 is 0. The molecule has 3 aromatic rings. The second kappa shape index (κ2) is 11.4. The van der Waals surface area contributed by atoms with Gasteiger partial charge in [0.2, 0.25) is 11.8 Å². The van der Waals surface area contributed by atoms with Crippen molar-refractivity contribution in [2.45, 2.75) is 37.5 Å². The fourth-order valence-electron chi connectivity index (χ4n) is 4.42. The van der Waals surface area contributed by atoms with Gasteiger partial charge in [-0.25, -0.2) is 0 Å². The highest BCUT2D eigenvalue weighted by molar-refractivity contribution is 5.87. The lowest BCUT2D eigenvalue weighted by atomic mass is 9.94. The number of benzene rings is 2. The summed E-state index contributed by atoms with van der Waals surface area (Å²) in [5.41, 5.74) is -1.87. The first-order valence-electron chi connectivity index (χ1n) is 11.8. The van der Waals surface area contributed by atoms with Gasteiger partial charge in [0, 0.05) is 12.4 Å². The number of nitrogens with zero attached hydrogens (tertiary/aromatic N) is 2. The Morgan fingerprint density at radius 2 is 1.54 bits per heavy atom. The van der Waals surface area contributed by atoms with E-state index < -0.39 is 48.1 Å². The normalized spacial score (nSPS) is 18.1. The van der Waals surface area contributed by atoms with Crippen LogP contribution in [0.15, 0.2) is 73.1 Å². The van der Waals surface area contributed by atoms with Gasteiger partial charge in [-0.1, -0.05) is 30.3 Å². The third-order valence-electron chi connectivity index (χ3n) is 6.16. The summed E-state index contributed by atoms with van der Waals surface area (Å²) in [5, 5.41) is 2.74. The monoisotopic (exact) mass is 551 g/mol. The number of aromatic nitrogens is 1. The molecule has 2 atom stereocenters. The summed E-state index contributed by atoms with van der Waals surface area (Å²) in [6, 6.07) is 11.8. The summed E-state index contributed by atoms with van der Waals surface area (Å²) < 4.78 is 84.8. The predicted molar refractivity (Wildman–Crippen MR) is 127 cm³/mol. The minimum Gasteiger partial charge on any atom is -0.375 e. The molecule has 12 heteroatoms. The Morgan fingerprint density at radius 3 is 2.13 bits per heavy atom. The number of halogens is 6. The molecule has 1 saturated heterocycles. The van der Waals surface area contributed by atoms with Crippen LogP contribution in [0.3, 0.4) is 0 Å². The van der Waals surface area contributed by atoms with E-state index >= 15 is 0 Å². The number of nitrogens with one attached hydrogen (secondary N) is 1. The number of amides is 2. The van der Waals surface area contributed by atoms with Crippen molar-refractivity contribution in [1.29, 1.82) is 0 Å². The molecule has 2 heterocycles. The molecule has 1 fully saturated rings. The van der Waals surface area contributed by atoms with Crippen molar-refractivity contribution in [2.75, 3.05) is 13.2 Å². The van der Waals surface area contributed by atoms with Crippen LogP contribution in [0.4, 0.5) is 26.3 Å². The van der Waals surface area contributed by atoms with E-state index in [1.54, 1.807) is 42.5 Å². The van der Waals surface area contributed by atoms with Crippen LogP contribution in [0.2, 0.25) is 0 Å². The summed E-state index contributed by atoms with van der Waals surface area (Å²) in [4.78, 5) is 31.1. The third kappa shape index (κ3) is 7.14. The van der Waals surface area contributed by atoms with Crippen LogP contribution in [0, 0.1) is 0 Å². The number of hydrogen-bond donors (Lipinski definition) is 1. The van der Waals surface area contributed by atoms with Crippen LogP contribution in [-0.4, -0.2) is 40.9 Å². The van der Waals surface area contributed by atoms with E-state index in [0.717, 1.165) is 0 Å². The SMILES string of the molecule is O=C1CN(C(=O)Cc2ccncc2)[C@@H](c2ccccc2)[C@@H](COCc2cc(C(F)(F)F)cc(C(F)(F)F)c2)N1. The van der Waals surface area contributed by atoms with Crippen molar-refractivity contribution in [3.63, 3.8) is 0 Å². The van der Waals surface area contributed by atoms with Crippen molar-refractivity contribution in [3.8, 4) is 0 Å². The topological polar surface area (TPSA) is 71.5 Å². The maximum atomic E-state index is 13.3. The molecule has 1 aliphatic heterocycles. The molecule has 2 aromatic carbocycles. The zero-order chi connectivity index (χ0) is 28.2. The van der Waals surface area contributed by atoms with Crippen LogP contribution >= 0.6 is 0 Å². The van der Waals surface area contributed by atoms with E-state index in [9.17, 15) is 35.9 Å². The van der Waals surface area contributed by atoms with Crippen molar-refractivity contribution in [1.82, 2.24) is 15.2 Å². The largest absolute Gasteiger partial charge is 0.416 e. The van der Waals surface area contributed by atoms with Gasteiger partial charge in [0.15, 0.2) is 0 Å². The molecule has 4 rings (SSSR count). The van der Waals surface area contributed by atoms with Gasteiger partial charge < -0.3 is 15.0 Å². The number of hydrogen-bond acceptors (Lipinski definition) is 4. The first-order chi connectivity index (χ1) is 18.4. The van der Waals surface area contributed by atoms with E-state index in [2.05, 4.69) is 10.3 Å². The van der Waals surface area contributed by atoms with Crippen LogP contribution in [0.25, 0.3) is 0 Å². The summed E-state index contributed by atoms with van der Waals surface area (Å²) in [7, 11) is 0. The summed E-state index contributed by atoms with van der Waals surface area (Å²) in [6.07, 6.45) is -6.90. The van der Waals surface area contributed by atoms with E-state index in [1.165, 1.54) is 17.3 Å². The molecule has 0 unspecified atom stereocenters. The molecule has 39 heavy (non-hydrogen) atoms. The van der Waals surface area contributed by atoms with Gasteiger partial charge in [0.05, 0.1) is 42.8 Å². The van der Waals surface area contributed by atoms with Gasteiger partial charge in [-0.2, -0.15) is 26.3 Å². The van der Waals surface area contributed by atoms with Gasteiger partial charge in [-0.3, -0.25) is 14.6 Å². The van der Waals surface area contributed by atoms with Crippen molar-refractivity contribution >= 4 is 11.8 Å². The van der Waals surface area contributed by atoms with Gasteiger partial charge in [-0.15, -0.1) is 0 Å². The van der Waals surface area contributed by atoms with Crippen LogP contribution in [-0.2, 0) is 39.7 Å². The van der Waals surface area contributed by atoms with E-state index in [-0.39, 0.29) is 37.1 Å². The Hall–Kier alpha value is -3.93. The molecule has 0 aliphatic carbocycles. The van der Waals surface area contributed by atoms with Crippen molar-refractivity contribution in [2.24, 2.45) is 0 Å². The average molecular weight is 551 g/mol. The minimum absolute atomic E-state index is 0.00281. The second-order valence-corrected chi connectivity index (χ2v) is 9.01. The van der Waals surface area contributed by atoms with Gasteiger partial charge in [-0.05, 0) is 47.0 Å². The highest BCUT2D eigenvalue weighted by atomic mass is 19.4. The first-order valence-corrected chi connectivity index (χ1v) is 11.8. The molecular weight excluding hydrogens is 528 g/mol. The molecule has 0 bridgehead atoms. The number of piperazine rings is 1. The molecule has 2 amide bonds. The quantitative estimate of drug-likeness (QED) is 0.422. The maximum Gasteiger partial charge on any atom is 0.416 e. The lowest BCUT2D eigenvalue weighted by Crippen LogP contribution is -2.59. The number of carbonyl (C=O) groups excluding carboxylic acids is 2. The number of pyridine rings is 1. The fourth-order valence-corrected chi connectivity index (χ4v) is 4.42. The van der Waals surface area contributed by atoms with Crippen molar-refractivity contribution < 1.29 is 40.7 Å². The lowest BCUT2D eigenvalue weighted by molar-refractivity contribution is -0.144. The predicted octanol–water partition coefficient (Wildman–Crippen LogP) is 4.95. The first kappa shape index (κ1) is 28.1.